The van der Waals surface area contributed by atoms with Crippen LogP contribution in [0.3, 0.4) is 0 Å². The van der Waals surface area contributed by atoms with Crippen LogP contribution in [0.5, 0.6) is 0 Å². The van der Waals surface area contributed by atoms with Gasteiger partial charge in [0.25, 0.3) is 0 Å². The Balaban J connectivity index is 1.83. The molecule has 0 bridgehead atoms. The minimum absolute atomic E-state index is 0.127. The Hall–Kier alpha value is -1.62. The number of aliphatic hydroxyl groups is 1. The Kier molecular flexibility index (Phi) is 4.74. The molecule has 4 nitrogen and oxygen atoms in total. The predicted octanol–water partition coefficient (Wildman–Crippen LogP) is 1.15. The lowest BCUT2D eigenvalue weighted by Crippen LogP contribution is -2.31. The lowest BCUT2D eigenvalue weighted by Gasteiger charge is -2.19. The first-order valence-electron chi connectivity index (χ1n) is 6.57. The quantitative estimate of drug-likeness (QED) is 0.840. The van der Waals surface area contributed by atoms with Gasteiger partial charge in [0, 0.05) is 26.1 Å². The molecule has 5 heteroatoms. The second-order valence-corrected chi connectivity index (χ2v) is 4.83. The Morgan fingerprint density at radius 3 is 3.00 bits per heavy atom. The van der Waals surface area contributed by atoms with Crippen molar-refractivity contribution in [1.82, 2.24) is 5.32 Å². The molecule has 1 saturated heterocycles. The zero-order valence-electron chi connectivity index (χ0n) is 10.8. The van der Waals surface area contributed by atoms with E-state index in [9.17, 15) is 9.18 Å². The molecule has 0 unspecified atom stereocenters. The first kappa shape index (κ1) is 13.8. The molecule has 1 amide bonds. The molecule has 2 N–H and O–H groups in total. The van der Waals surface area contributed by atoms with Gasteiger partial charge in [0.05, 0.1) is 12.3 Å². The van der Waals surface area contributed by atoms with E-state index in [2.05, 4.69) is 5.32 Å². The summed E-state index contributed by atoms with van der Waals surface area (Å²) in [5.41, 5.74) is 0.631. The average molecular weight is 266 g/mol. The number of amides is 1. The smallest absolute Gasteiger partial charge is 0.222 e. The first-order chi connectivity index (χ1) is 9.20. The number of aliphatic hydroxyl groups excluding tert-OH is 1. The van der Waals surface area contributed by atoms with Crippen LogP contribution >= 0.6 is 0 Å². The Morgan fingerprint density at radius 2 is 2.26 bits per heavy atom. The summed E-state index contributed by atoms with van der Waals surface area (Å²) in [5.74, 6) is 0.00144. The Bertz CT molecular complexity index is 439. The largest absolute Gasteiger partial charge is 0.396 e. The summed E-state index contributed by atoms with van der Waals surface area (Å²) in [5, 5.41) is 11.4. The number of halogens is 1. The number of hydrogen-bond donors (Lipinski definition) is 2. The molecular weight excluding hydrogens is 247 g/mol. The molecule has 1 fully saturated rings. The summed E-state index contributed by atoms with van der Waals surface area (Å²) >= 11 is 0. The monoisotopic (exact) mass is 266 g/mol. The van der Waals surface area contributed by atoms with E-state index < -0.39 is 0 Å². The van der Waals surface area contributed by atoms with Crippen molar-refractivity contribution in [3.05, 3.63) is 30.1 Å². The maximum Gasteiger partial charge on any atom is 0.222 e. The van der Waals surface area contributed by atoms with Gasteiger partial charge in [-0.1, -0.05) is 12.1 Å². The summed E-state index contributed by atoms with van der Waals surface area (Å²) in [6.45, 7) is 2.02. The van der Waals surface area contributed by atoms with Gasteiger partial charge in [-0.3, -0.25) is 4.79 Å². The maximum absolute atomic E-state index is 13.6. The lowest BCUT2D eigenvalue weighted by molar-refractivity contribution is -0.121. The molecule has 1 aromatic rings. The van der Waals surface area contributed by atoms with Gasteiger partial charge in [0.1, 0.15) is 5.82 Å². The highest BCUT2D eigenvalue weighted by molar-refractivity contribution is 5.75. The molecule has 1 heterocycles. The van der Waals surface area contributed by atoms with Crippen LogP contribution in [0.15, 0.2) is 24.3 Å². The molecule has 0 aromatic heterocycles. The van der Waals surface area contributed by atoms with Crippen LogP contribution in [-0.4, -0.2) is 37.3 Å². The molecule has 104 valence electrons. The molecule has 0 aliphatic carbocycles. The van der Waals surface area contributed by atoms with Gasteiger partial charge in [-0.2, -0.15) is 0 Å². The Morgan fingerprint density at radius 1 is 1.47 bits per heavy atom. The minimum atomic E-state index is -0.201. The third kappa shape index (κ3) is 3.67. The summed E-state index contributed by atoms with van der Waals surface area (Å²) < 4.78 is 13.6. The van der Waals surface area contributed by atoms with Crippen LogP contribution in [0.1, 0.15) is 12.8 Å². The number of rotatable bonds is 5. The van der Waals surface area contributed by atoms with Crippen molar-refractivity contribution in [3.63, 3.8) is 0 Å². The molecule has 1 atom stereocenters. The Labute approximate surface area is 112 Å². The van der Waals surface area contributed by atoms with Gasteiger partial charge in [0.15, 0.2) is 0 Å². The summed E-state index contributed by atoms with van der Waals surface area (Å²) in [6, 6.07) is 6.75. The molecule has 0 radical (unpaired) electrons. The number of nitrogens with zero attached hydrogens (tertiary/aromatic N) is 1. The van der Waals surface area contributed by atoms with E-state index in [0.717, 1.165) is 19.5 Å². The fourth-order valence-corrected chi connectivity index (χ4v) is 2.37. The lowest BCUT2D eigenvalue weighted by atomic mass is 10.1. The third-order valence-electron chi connectivity index (χ3n) is 3.41. The fraction of sp³-hybridized carbons (Fsp3) is 0.500. The zero-order valence-corrected chi connectivity index (χ0v) is 10.8. The number of carbonyl (C=O) groups is 1. The van der Waals surface area contributed by atoms with Gasteiger partial charge in [-0.05, 0) is 24.5 Å². The predicted molar refractivity (Wildman–Crippen MR) is 71.4 cm³/mol. The molecule has 0 spiro atoms. The average Bonchev–Trinajstić information content (AvgIpc) is 2.86. The SMILES string of the molecule is O=C(CCO)NC[C@@H]1CCN(c2ccccc2F)C1. The van der Waals surface area contributed by atoms with Crippen molar-refractivity contribution >= 4 is 11.6 Å². The topological polar surface area (TPSA) is 52.6 Å². The van der Waals surface area contributed by atoms with Crippen LogP contribution in [0.2, 0.25) is 0 Å². The highest BCUT2D eigenvalue weighted by Gasteiger charge is 2.24. The molecular formula is C14H19FN2O2. The summed E-state index contributed by atoms with van der Waals surface area (Å²) in [4.78, 5) is 13.3. The van der Waals surface area contributed by atoms with Gasteiger partial charge < -0.3 is 15.3 Å². The van der Waals surface area contributed by atoms with Crippen molar-refractivity contribution < 1.29 is 14.3 Å². The second kappa shape index (κ2) is 6.52. The van der Waals surface area contributed by atoms with E-state index in [1.54, 1.807) is 12.1 Å². The number of benzene rings is 1. The van der Waals surface area contributed by atoms with E-state index in [-0.39, 0.29) is 24.8 Å². The standard InChI is InChI=1S/C14H19FN2O2/c15-12-3-1-2-4-13(12)17-7-5-11(10-17)9-16-14(19)6-8-18/h1-4,11,18H,5-10H2,(H,16,19)/t11-/m0/s1. The molecule has 1 aliphatic heterocycles. The summed E-state index contributed by atoms with van der Waals surface area (Å²) in [6.07, 6.45) is 1.08. The van der Waals surface area contributed by atoms with E-state index in [1.807, 2.05) is 11.0 Å². The number of carbonyl (C=O) groups excluding carboxylic acids is 1. The van der Waals surface area contributed by atoms with Crippen molar-refractivity contribution in [2.24, 2.45) is 5.92 Å². The van der Waals surface area contributed by atoms with Crippen molar-refractivity contribution in [2.45, 2.75) is 12.8 Å². The number of nitrogens with one attached hydrogen (secondary N) is 1. The highest BCUT2D eigenvalue weighted by atomic mass is 19.1. The van der Waals surface area contributed by atoms with Gasteiger partial charge >= 0.3 is 0 Å². The minimum Gasteiger partial charge on any atom is -0.396 e. The van der Waals surface area contributed by atoms with Crippen LogP contribution in [0, 0.1) is 11.7 Å². The molecule has 1 aromatic carbocycles. The maximum atomic E-state index is 13.6. The first-order valence-corrected chi connectivity index (χ1v) is 6.57. The fourth-order valence-electron chi connectivity index (χ4n) is 2.37. The van der Waals surface area contributed by atoms with Gasteiger partial charge in [0.2, 0.25) is 5.91 Å². The van der Waals surface area contributed by atoms with Crippen LogP contribution < -0.4 is 10.2 Å². The van der Waals surface area contributed by atoms with E-state index in [4.69, 9.17) is 5.11 Å². The number of anilines is 1. The second-order valence-electron chi connectivity index (χ2n) is 4.83. The summed E-state index contributed by atoms with van der Waals surface area (Å²) in [7, 11) is 0. The molecule has 19 heavy (non-hydrogen) atoms. The van der Waals surface area contributed by atoms with Crippen LogP contribution in [0.4, 0.5) is 10.1 Å². The third-order valence-corrected chi connectivity index (χ3v) is 3.41. The van der Waals surface area contributed by atoms with Crippen molar-refractivity contribution in [2.75, 3.05) is 31.1 Å². The van der Waals surface area contributed by atoms with Crippen molar-refractivity contribution in [3.8, 4) is 0 Å². The number of para-hydroxylation sites is 1. The zero-order chi connectivity index (χ0) is 13.7. The van der Waals surface area contributed by atoms with Crippen LogP contribution in [0.25, 0.3) is 0 Å². The molecule has 1 aliphatic rings. The molecule has 2 rings (SSSR count). The highest BCUT2D eigenvalue weighted by Crippen LogP contribution is 2.25. The van der Waals surface area contributed by atoms with Gasteiger partial charge in [-0.15, -0.1) is 0 Å². The van der Waals surface area contributed by atoms with Gasteiger partial charge in [-0.25, -0.2) is 4.39 Å². The van der Waals surface area contributed by atoms with Crippen LogP contribution in [-0.2, 0) is 4.79 Å². The molecule has 0 saturated carbocycles. The van der Waals surface area contributed by atoms with E-state index in [1.165, 1.54) is 6.07 Å². The van der Waals surface area contributed by atoms with E-state index >= 15 is 0 Å². The normalized spacial score (nSPS) is 18.6. The van der Waals surface area contributed by atoms with Crippen molar-refractivity contribution in [1.29, 1.82) is 0 Å². The van der Waals surface area contributed by atoms with E-state index in [0.29, 0.717) is 18.2 Å². The number of hydrogen-bond acceptors (Lipinski definition) is 3.